The Balaban J connectivity index is 2.02. The summed E-state index contributed by atoms with van der Waals surface area (Å²) in [5.74, 6) is 0.775. The van der Waals surface area contributed by atoms with Gasteiger partial charge in [-0.1, -0.05) is 6.07 Å². The van der Waals surface area contributed by atoms with E-state index in [4.69, 9.17) is 10.5 Å². The number of hydrogen-bond donors (Lipinski definition) is 1. The maximum Gasteiger partial charge on any atom is 0.254 e. The van der Waals surface area contributed by atoms with Crippen LogP contribution in [0.1, 0.15) is 10.4 Å². The third kappa shape index (κ3) is 3.68. The third-order valence-electron chi connectivity index (χ3n) is 3.26. The molecular formula is C14H21N3O2. The second-order valence-corrected chi connectivity index (χ2v) is 4.76. The summed E-state index contributed by atoms with van der Waals surface area (Å²) in [7, 11) is 2.07. The molecule has 0 aliphatic carbocycles. The molecule has 5 nitrogen and oxygen atoms in total. The lowest BCUT2D eigenvalue weighted by Crippen LogP contribution is -2.47. The van der Waals surface area contributed by atoms with Gasteiger partial charge in [-0.3, -0.25) is 4.79 Å². The Bertz CT molecular complexity index is 428. The first-order valence-corrected chi connectivity index (χ1v) is 6.61. The van der Waals surface area contributed by atoms with E-state index in [-0.39, 0.29) is 5.91 Å². The Morgan fingerprint density at radius 2 is 2.05 bits per heavy atom. The predicted octanol–water partition coefficient (Wildman–Crippen LogP) is 0.412. The van der Waals surface area contributed by atoms with Gasteiger partial charge in [-0.05, 0) is 25.2 Å². The van der Waals surface area contributed by atoms with Crippen molar-refractivity contribution in [2.45, 2.75) is 0 Å². The van der Waals surface area contributed by atoms with E-state index in [0.29, 0.717) is 24.5 Å². The second-order valence-electron chi connectivity index (χ2n) is 4.76. The van der Waals surface area contributed by atoms with Crippen molar-refractivity contribution in [2.24, 2.45) is 5.73 Å². The van der Waals surface area contributed by atoms with Crippen LogP contribution < -0.4 is 10.5 Å². The first kappa shape index (κ1) is 13.8. The zero-order chi connectivity index (χ0) is 13.7. The van der Waals surface area contributed by atoms with Crippen LogP contribution in [0.25, 0.3) is 0 Å². The Labute approximate surface area is 113 Å². The first-order chi connectivity index (χ1) is 9.20. The van der Waals surface area contributed by atoms with Gasteiger partial charge in [0.15, 0.2) is 0 Å². The summed E-state index contributed by atoms with van der Waals surface area (Å²) in [5, 5.41) is 0. The van der Waals surface area contributed by atoms with E-state index in [1.807, 2.05) is 23.1 Å². The highest BCUT2D eigenvalue weighted by Gasteiger charge is 2.20. The highest BCUT2D eigenvalue weighted by atomic mass is 16.5. The summed E-state index contributed by atoms with van der Waals surface area (Å²) < 4.78 is 5.45. The van der Waals surface area contributed by atoms with Crippen LogP contribution in [0.3, 0.4) is 0 Å². The van der Waals surface area contributed by atoms with Crippen LogP contribution in [0.5, 0.6) is 5.75 Å². The zero-order valence-electron chi connectivity index (χ0n) is 11.3. The van der Waals surface area contributed by atoms with E-state index >= 15 is 0 Å². The summed E-state index contributed by atoms with van der Waals surface area (Å²) in [6.07, 6.45) is 0. The molecule has 0 unspecified atom stereocenters. The van der Waals surface area contributed by atoms with Crippen LogP contribution >= 0.6 is 0 Å². The Morgan fingerprint density at radius 1 is 1.32 bits per heavy atom. The van der Waals surface area contributed by atoms with Gasteiger partial charge < -0.3 is 20.3 Å². The van der Waals surface area contributed by atoms with Crippen molar-refractivity contribution in [1.29, 1.82) is 0 Å². The van der Waals surface area contributed by atoms with Crippen LogP contribution in [0.4, 0.5) is 0 Å². The van der Waals surface area contributed by atoms with Crippen molar-refractivity contribution in [1.82, 2.24) is 9.80 Å². The van der Waals surface area contributed by atoms with Crippen molar-refractivity contribution >= 4 is 5.91 Å². The molecule has 19 heavy (non-hydrogen) atoms. The van der Waals surface area contributed by atoms with E-state index in [1.165, 1.54) is 0 Å². The fourth-order valence-electron chi connectivity index (χ4n) is 2.09. The molecular weight excluding hydrogens is 242 g/mol. The van der Waals surface area contributed by atoms with Crippen LogP contribution in [0, 0.1) is 0 Å². The fraction of sp³-hybridized carbons (Fsp3) is 0.500. The number of hydrogen-bond acceptors (Lipinski definition) is 4. The number of carbonyl (C=O) groups excluding carboxylic acids is 1. The largest absolute Gasteiger partial charge is 0.492 e. The molecule has 1 aromatic rings. The first-order valence-electron chi connectivity index (χ1n) is 6.61. The third-order valence-corrected chi connectivity index (χ3v) is 3.26. The topological polar surface area (TPSA) is 58.8 Å². The normalized spacial score (nSPS) is 16.4. The Hall–Kier alpha value is -1.59. The van der Waals surface area contributed by atoms with Gasteiger partial charge in [0.25, 0.3) is 5.91 Å². The molecule has 1 saturated heterocycles. The zero-order valence-corrected chi connectivity index (χ0v) is 11.3. The van der Waals surface area contributed by atoms with E-state index < -0.39 is 0 Å². The SMILES string of the molecule is CN1CCN(C(=O)c2cccc(OCCN)c2)CC1. The number of amides is 1. The predicted molar refractivity (Wildman–Crippen MR) is 74.4 cm³/mol. The molecule has 5 heteroatoms. The summed E-state index contributed by atoms with van der Waals surface area (Å²) in [6, 6.07) is 7.30. The number of nitrogens with zero attached hydrogens (tertiary/aromatic N) is 2. The average Bonchev–Trinajstić information content (AvgIpc) is 2.45. The molecule has 0 radical (unpaired) electrons. The lowest BCUT2D eigenvalue weighted by atomic mass is 10.1. The number of rotatable bonds is 4. The molecule has 104 valence electrons. The summed E-state index contributed by atoms with van der Waals surface area (Å²) in [4.78, 5) is 16.5. The molecule has 2 N–H and O–H groups in total. The molecule has 0 aromatic heterocycles. The van der Waals surface area contributed by atoms with Gasteiger partial charge in [0.1, 0.15) is 12.4 Å². The van der Waals surface area contributed by atoms with Crippen LogP contribution in [-0.2, 0) is 0 Å². The van der Waals surface area contributed by atoms with Gasteiger partial charge in [-0.15, -0.1) is 0 Å². The smallest absolute Gasteiger partial charge is 0.254 e. The van der Waals surface area contributed by atoms with Gasteiger partial charge in [0.2, 0.25) is 0 Å². The lowest BCUT2D eigenvalue weighted by Gasteiger charge is -2.32. The number of piperazine rings is 1. The maximum atomic E-state index is 12.4. The van der Waals surface area contributed by atoms with Crippen LogP contribution in [-0.4, -0.2) is 62.1 Å². The minimum atomic E-state index is 0.0753. The molecule has 1 aliphatic heterocycles. The quantitative estimate of drug-likeness (QED) is 0.855. The van der Waals surface area contributed by atoms with Gasteiger partial charge >= 0.3 is 0 Å². The average molecular weight is 263 g/mol. The van der Waals surface area contributed by atoms with E-state index in [9.17, 15) is 4.79 Å². The van der Waals surface area contributed by atoms with Crippen LogP contribution in [0.15, 0.2) is 24.3 Å². The minimum Gasteiger partial charge on any atom is -0.492 e. The molecule has 0 saturated carbocycles. The van der Waals surface area contributed by atoms with Crippen molar-refractivity contribution in [3.8, 4) is 5.75 Å². The summed E-state index contributed by atoms with van der Waals surface area (Å²) in [6.45, 7) is 4.35. The number of carbonyl (C=O) groups is 1. The standard InChI is InChI=1S/C14H21N3O2/c1-16-6-8-17(9-7-16)14(18)12-3-2-4-13(11-12)19-10-5-15/h2-4,11H,5-10,15H2,1H3. The Morgan fingerprint density at radius 3 is 2.74 bits per heavy atom. The highest BCUT2D eigenvalue weighted by molar-refractivity contribution is 5.94. The van der Waals surface area contributed by atoms with Gasteiger partial charge in [0, 0.05) is 38.3 Å². The monoisotopic (exact) mass is 263 g/mol. The lowest BCUT2D eigenvalue weighted by molar-refractivity contribution is 0.0663. The number of likely N-dealkylation sites (N-methyl/N-ethyl adjacent to an activating group) is 1. The van der Waals surface area contributed by atoms with Gasteiger partial charge in [0.05, 0.1) is 0 Å². The van der Waals surface area contributed by atoms with Gasteiger partial charge in [-0.2, -0.15) is 0 Å². The molecule has 1 heterocycles. The van der Waals surface area contributed by atoms with Crippen LogP contribution in [0.2, 0.25) is 0 Å². The molecule has 1 fully saturated rings. The number of nitrogens with two attached hydrogens (primary N) is 1. The van der Waals surface area contributed by atoms with Gasteiger partial charge in [-0.25, -0.2) is 0 Å². The van der Waals surface area contributed by atoms with Crippen molar-refractivity contribution in [3.63, 3.8) is 0 Å². The molecule has 1 amide bonds. The van der Waals surface area contributed by atoms with E-state index in [2.05, 4.69) is 11.9 Å². The van der Waals surface area contributed by atoms with Crippen molar-refractivity contribution < 1.29 is 9.53 Å². The molecule has 0 atom stereocenters. The molecule has 0 bridgehead atoms. The van der Waals surface area contributed by atoms with Crippen molar-refractivity contribution in [2.75, 3.05) is 46.4 Å². The molecule has 2 rings (SSSR count). The molecule has 1 aromatic carbocycles. The number of ether oxygens (including phenoxy) is 1. The van der Waals surface area contributed by atoms with E-state index in [1.54, 1.807) is 6.07 Å². The summed E-state index contributed by atoms with van der Waals surface area (Å²) >= 11 is 0. The summed E-state index contributed by atoms with van der Waals surface area (Å²) in [5.41, 5.74) is 6.08. The number of benzene rings is 1. The fourth-order valence-corrected chi connectivity index (χ4v) is 2.09. The van der Waals surface area contributed by atoms with E-state index in [0.717, 1.165) is 26.2 Å². The minimum absolute atomic E-state index is 0.0753. The van der Waals surface area contributed by atoms with Crippen molar-refractivity contribution in [3.05, 3.63) is 29.8 Å². The molecule has 1 aliphatic rings. The second kappa shape index (κ2) is 6.54. The Kier molecular flexibility index (Phi) is 4.76. The molecule has 0 spiro atoms. The highest BCUT2D eigenvalue weighted by Crippen LogP contribution is 2.15. The maximum absolute atomic E-state index is 12.4.